The highest BCUT2D eigenvalue weighted by Crippen LogP contribution is 2.22. The minimum atomic E-state index is -0.810. The standard InChI is InChI=1S/C14H24N4O3/c15-14(21)16-12(19)5-10-17-8-3-11(4-9-17)13(20)18-6-1-2-7-18/h11H,1-10H2,(H3,15,16,19,21). The Labute approximate surface area is 124 Å². The Balaban J connectivity index is 1.67. The summed E-state index contributed by atoms with van der Waals surface area (Å²) in [5.41, 5.74) is 4.89. The summed E-state index contributed by atoms with van der Waals surface area (Å²) in [6.07, 6.45) is 4.21. The van der Waals surface area contributed by atoms with Crippen LogP contribution in [0.3, 0.4) is 0 Å². The molecule has 0 aromatic carbocycles. The number of imide groups is 1. The van der Waals surface area contributed by atoms with Crippen LogP contribution in [0.15, 0.2) is 0 Å². The van der Waals surface area contributed by atoms with Crippen molar-refractivity contribution < 1.29 is 14.4 Å². The molecule has 7 heteroatoms. The number of likely N-dealkylation sites (tertiary alicyclic amines) is 2. The maximum atomic E-state index is 12.3. The number of hydrogen-bond donors (Lipinski definition) is 2. The fourth-order valence-corrected chi connectivity index (χ4v) is 3.06. The third-order valence-electron chi connectivity index (χ3n) is 4.27. The van der Waals surface area contributed by atoms with Crippen LogP contribution in [-0.4, -0.2) is 60.4 Å². The molecule has 0 radical (unpaired) electrons. The van der Waals surface area contributed by atoms with Gasteiger partial charge in [0.15, 0.2) is 0 Å². The van der Waals surface area contributed by atoms with Crippen LogP contribution in [0.1, 0.15) is 32.1 Å². The number of carbonyl (C=O) groups excluding carboxylic acids is 3. The van der Waals surface area contributed by atoms with Crippen molar-refractivity contribution in [2.24, 2.45) is 11.7 Å². The molecule has 2 saturated heterocycles. The molecule has 0 atom stereocenters. The van der Waals surface area contributed by atoms with Crippen LogP contribution >= 0.6 is 0 Å². The summed E-state index contributed by atoms with van der Waals surface area (Å²) < 4.78 is 0. The van der Waals surface area contributed by atoms with E-state index in [2.05, 4.69) is 10.2 Å². The van der Waals surface area contributed by atoms with Crippen LogP contribution in [0.25, 0.3) is 0 Å². The average molecular weight is 296 g/mol. The number of nitrogens with zero attached hydrogens (tertiary/aromatic N) is 2. The molecule has 2 fully saturated rings. The van der Waals surface area contributed by atoms with Crippen molar-refractivity contribution in [2.75, 3.05) is 32.7 Å². The first-order chi connectivity index (χ1) is 10.1. The van der Waals surface area contributed by atoms with E-state index < -0.39 is 6.03 Å². The summed E-state index contributed by atoms with van der Waals surface area (Å²) in [6.45, 7) is 4.07. The van der Waals surface area contributed by atoms with Crippen molar-refractivity contribution in [3.8, 4) is 0 Å². The molecule has 0 unspecified atom stereocenters. The zero-order chi connectivity index (χ0) is 15.2. The molecule has 2 rings (SSSR count). The molecule has 0 aliphatic carbocycles. The second-order valence-corrected chi connectivity index (χ2v) is 5.81. The second kappa shape index (κ2) is 7.40. The molecule has 0 saturated carbocycles. The highest BCUT2D eigenvalue weighted by Gasteiger charge is 2.29. The number of piperidine rings is 1. The highest BCUT2D eigenvalue weighted by atomic mass is 16.2. The number of primary amides is 1. The Morgan fingerprint density at radius 2 is 1.67 bits per heavy atom. The molecular formula is C14H24N4O3. The molecule has 118 valence electrons. The number of hydrogen-bond acceptors (Lipinski definition) is 4. The summed E-state index contributed by atoms with van der Waals surface area (Å²) in [5.74, 6) is 0.0928. The number of carbonyl (C=O) groups is 3. The molecule has 0 aromatic rings. The molecular weight excluding hydrogens is 272 g/mol. The van der Waals surface area contributed by atoms with Crippen molar-refractivity contribution in [1.82, 2.24) is 15.1 Å². The Morgan fingerprint density at radius 3 is 2.24 bits per heavy atom. The summed E-state index contributed by atoms with van der Waals surface area (Å²) in [5, 5.41) is 2.06. The van der Waals surface area contributed by atoms with Crippen LogP contribution in [0.2, 0.25) is 0 Å². The third kappa shape index (κ3) is 4.70. The highest BCUT2D eigenvalue weighted by molar-refractivity contribution is 5.93. The van der Waals surface area contributed by atoms with Crippen molar-refractivity contribution in [1.29, 1.82) is 0 Å². The summed E-state index contributed by atoms with van der Waals surface area (Å²) >= 11 is 0. The molecule has 2 aliphatic heterocycles. The Morgan fingerprint density at radius 1 is 1.05 bits per heavy atom. The molecule has 2 heterocycles. The van der Waals surface area contributed by atoms with Gasteiger partial charge in [0.1, 0.15) is 0 Å². The van der Waals surface area contributed by atoms with Gasteiger partial charge in [0.2, 0.25) is 11.8 Å². The van der Waals surface area contributed by atoms with Crippen molar-refractivity contribution in [3.05, 3.63) is 0 Å². The smallest absolute Gasteiger partial charge is 0.318 e. The van der Waals surface area contributed by atoms with Crippen LogP contribution in [-0.2, 0) is 9.59 Å². The Kier molecular flexibility index (Phi) is 5.55. The zero-order valence-electron chi connectivity index (χ0n) is 12.3. The van der Waals surface area contributed by atoms with E-state index >= 15 is 0 Å². The van der Waals surface area contributed by atoms with Gasteiger partial charge in [-0.15, -0.1) is 0 Å². The van der Waals surface area contributed by atoms with Gasteiger partial charge < -0.3 is 15.5 Å². The van der Waals surface area contributed by atoms with Crippen molar-refractivity contribution in [3.63, 3.8) is 0 Å². The largest absolute Gasteiger partial charge is 0.351 e. The van der Waals surface area contributed by atoms with E-state index in [0.717, 1.165) is 51.9 Å². The number of amides is 4. The average Bonchev–Trinajstić information content (AvgIpc) is 2.98. The molecule has 3 N–H and O–H groups in total. The van der Waals surface area contributed by atoms with E-state index in [1.165, 1.54) is 0 Å². The monoisotopic (exact) mass is 296 g/mol. The van der Waals surface area contributed by atoms with E-state index in [9.17, 15) is 14.4 Å². The topological polar surface area (TPSA) is 95.7 Å². The van der Waals surface area contributed by atoms with Gasteiger partial charge in [0, 0.05) is 32.0 Å². The van der Waals surface area contributed by atoms with Gasteiger partial charge in [0.25, 0.3) is 0 Å². The molecule has 4 amide bonds. The summed E-state index contributed by atoms with van der Waals surface area (Å²) in [7, 11) is 0. The fourth-order valence-electron chi connectivity index (χ4n) is 3.06. The van der Waals surface area contributed by atoms with Crippen LogP contribution in [0.5, 0.6) is 0 Å². The van der Waals surface area contributed by atoms with Crippen molar-refractivity contribution >= 4 is 17.8 Å². The number of urea groups is 1. The first-order valence-corrected chi connectivity index (χ1v) is 7.66. The second-order valence-electron chi connectivity index (χ2n) is 5.81. The summed E-state index contributed by atoms with van der Waals surface area (Å²) in [4.78, 5) is 38.3. The fraction of sp³-hybridized carbons (Fsp3) is 0.786. The number of rotatable bonds is 4. The van der Waals surface area contributed by atoms with E-state index in [-0.39, 0.29) is 18.2 Å². The van der Waals surface area contributed by atoms with E-state index in [4.69, 9.17) is 5.73 Å². The predicted molar refractivity (Wildman–Crippen MR) is 77.3 cm³/mol. The quantitative estimate of drug-likeness (QED) is 0.757. The lowest BCUT2D eigenvalue weighted by atomic mass is 9.95. The Bertz CT molecular complexity index is 399. The van der Waals surface area contributed by atoms with Gasteiger partial charge in [-0.25, -0.2) is 4.79 Å². The Hall–Kier alpha value is -1.63. The minimum absolute atomic E-state index is 0.138. The zero-order valence-corrected chi connectivity index (χ0v) is 12.3. The lowest BCUT2D eigenvalue weighted by Gasteiger charge is -2.32. The van der Waals surface area contributed by atoms with Gasteiger partial charge in [-0.1, -0.05) is 0 Å². The minimum Gasteiger partial charge on any atom is -0.351 e. The SMILES string of the molecule is NC(=O)NC(=O)CCN1CCC(C(=O)N2CCCC2)CC1. The van der Waals surface area contributed by atoms with E-state index in [0.29, 0.717) is 12.5 Å². The maximum absolute atomic E-state index is 12.3. The van der Waals surface area contributed by atoms with Gasteiger partial charge >= 0.3 is 6.03 Å². The van der Waals surface area contributed by atoms with Gasteiger partial charge in [0.05, 0.1) is 0 Å². The summed E-state index contributed by atoms with van der Waals surface area (Å²) in [6, 6.07) is -0.810. The molecule has 0 spiro atoms. The lowest BCUT2D eigenvalue weighted by molar-refractivity contribution is -0.136. The van der Waals surface area contributed by atoms with Gasteiger partial charge in [-0.2, -0.15) is 0 Å². The molecule has 0 aromatic heterocycles. The van der Waals surface area contributed by atoms with Crippen LogP contribution in [0.4, 0.5) is 4.79 Å². The van der Waals surface area contributed by atoms with Crippen molar-refractivity contribution in [2.45, 2.75) is 32.1 Å². The first kappa shape index (κ1) is 15.8. The normalized spacial score (nSPS) is 20.5. The molecule has 0 bridgehead atoms. The molecule has 21 heavy (non-hydrogen) atoms. The van der Waals surface area contributed by atoms with Crippen LogP contribution < -0.4 is 11.1 Å². The first-order valence-electron chi connectivity index (χ1n) is 7.66. The third-order valence-corrected chi connectivity index (χ3v) is 4.27. The lowest BCUT2D eigenvalue weighted by Crippen LogP contribution is -2.43. The van der Waals surface area contributed by atoms with Gasteiger partial charge in [-0.05, 0) is 38.8 Å². The molecule has 2 aliphatic rings. The van der Waals surface area contributed by atoms with Gasteiger partial charge in [-0.3, -0.25) is 14.9 Å². The van der Waals surface area contributed by atoms with E-state index in [1.54, 1.807) is 0 Å². The van der Waals surface area contributed by atoms with Crippen LogP contribution in [0, 0.1) is 5.92 Å². The maximum Gasteiger partial charge on any atom is 0.318 e. The predicted octanol–water partition coefficient (Wildman–Crippen LogP) is -0.0942. The number of nitrogens with two attached hydrogens (primary N) is 1. The van der Waals surface area contributed by atoms with E-state index in [1.807, 2.05) is 4.90 Å². The number of nitrogens with one attached hydrogen (secondary N) is 1. The molecule has 7 nitrogen and oxygen atoms in total.